The van der Waals surface area contributed by atoms with Crippen LogP contribution in [0.15, 0.2) is 24.3 Å². The Balaban J connectivity index is 2.98. The molecule has 2 aromatic carbocycles. The van der Waals surface area contributed by atoms with Crippen LogP contribution in [0.5, 0.6) is 11.5 Å². The number of phenols is 1. The van der Waals surface area contributed by atoms with Crippen LogP contribution in [0.2, 0.25) is 0 Å². The van der Waals surface area contributed by atoms with Gasteiger partial charge in [0.25, 0.3) is 0 Å². The fourth-order valence-electron chi connectivity index (χ4n) is 6.02. The minimum atomic E-state index is -4.46. The summed E-state index contributed by atoms with van der Waals surface area (Å²) < 4.78 is 45.2. The van der Waals surface area contributed by atoms with Crippen LogP contribution in [0.3, 0.4) is 0 Å². The van der Waals surface area contributed by atoms with Crippen LogP contribution in [-0.4, -0.2) is 24.2 Å². The fourth-order valence-corrected chi connectivity index (χ4v) is 8.95. The molecule has 7 nitrogen and oxygen atoms in total. The number of hydrogen-bond donors (Lipinski definition) is 2. The lowest BCUT2D eigenvalue weighted by Gasteiger charge is -2.39. The van der Waals surface area contributed by atoms with Crippen LogP contribution in [0.4, 0.5) is 0 Å². The first-order valence-electron chi connectivity index (χ1n) is 15.9. The van der Waals surface area contributed by atoms with E-state index in [1.807, 2.05) is 121 Å². The third-order valence-electron chi connectivity index (χ3n) is 8.94. The molecule has 0 fully saturated rings. The van der Waals surface area contributed by atoms with Crippen molar-refractivity contribution in [1.29, 1.82) is 0 Å². The van der Waals surface area contributed by atoms with Crippen LogP contribution in [0.25, 0.3) is 0 Å². The van der Waals surface area contributed by atoms with Crippen LogP contribution in [0.1, 0.15) is 143 Å². The molecule has 0 heterocycles. The quantitative estimate of drug-likeness (QED) is 0.243. The summed E-state index contributed by atoms with van der Waals surface area (Å²) in [6.07, 6.45) is 0.740. The summed E-state index contributed by atoms with van der Waals surface area (Å²) in [5.74, 6) is 0.544. The number of rotatable bonds is 10. The molecule has 0 radical (unpaired) electrons. The predicted molar refractivity (Wildman–Crippen MR) is 187 cm³/mol. The number of hydrogen-bond acceptors (Lipinski definition) is 6. The molecule has 2 aromatic rings. The van der Waals surface area contributed by atoms with Gasteiger partial charge in [-0.05, 0) is 68.4 Å². The SMILES string of the molecule is CCC(CC)(c1cc(C(C)(C)C)c(O)c(C(C)(C)C)c1)P(=O)(O)Oc1cc(C(C)(C)C)c(CP(=O)(OC)OC)cc1C(C)(C)C. The Bertz CT molecular complexity index is 1420. The minimum absolute atomic E-state index is 0.0548. The Morgan fingerprint density at radius 2 is 1.04 bits per heavy atom. The molecule has 0 aromatic heterocycles. The van der Waals surface area contributed by atoms with Gasteiger partial charge in [0.2, 0.25) is 0 Å². The summed E-state index contributed by atoms with van der Waals surface area (Å²) >= 11 is 0. The summed E-state index contributed by atoms with van der Waals surface area (Å²) in [6, 6.07) is 7.55. The van der Waals surface area contributed by atoms with Crippen LogP contribution in [0, 0.1) is 0 Å². The van der Waals surface area contributed by atoms with Crippen molar-refractivity contribution < 1.29 is 32.7 Å². The number of benzene rings is 2. The molecule has 9 heteroatoms. The molecule has 0 bridgehead atoms. The largest absolute Gasteiger partial charge is 0.507 e. The highest BCUT2D eigenvalue weighted by molar-refractivity contribution is 7.54. The molecule has 0 amide bonds. The van der Waals surface area contributed by atoms with E-state index >= 15 is 0 Å². The molecule has 2 N–H and O–H groups in total. The maximum atomic E-state index is 14.9. The van der Waals surface area contributed by atoms with Gasteiger partial charge in [0.05, 0.1) is 6.16 Å². The second kappa shape index (κ2) is 13.1. The van der Waals surface area contributed by atoms with Gasteiger partial charge >= 0.3 is 15.2 Å². The lowest BCUT2D eigenvalue weighted by Crippen LogP contribution is -2.30. The van der Waals surface area contributed by atoms with E-state index in [0.717, 1.165) is 27.8 Å². The van der Waals surface area contributed by atoms with E-state index in [4.69, 9.17) is 13.6 Å². The zero-order valence-electron chi connectivity index (χ0n) is 30.8. The Morgan fingerprint density at radius 3 is 1.38 bits per heavy atom. The molecular weight excluding hydrogens is 606 g/mol. The zero-order valence-corrected chi connectivity index (χ0v) is 32.5. The van der Waals surface area contributed by atoms with E-state index in [1.54, 1.807) is 0 Å². The van der Waals surface area contributed by atoms with E-state index in [9.17, 15) is 19.1 Å². The minimum Gasteiger partial charge on any atom is -0.507 e. The van der Waals surface area contributed by atoms with Gasteiger partial charge < -0.3 is 23.6 Å². The Morgan fingerprint density at radius 1 is 0.644 bits per heavy atom. The molecule has 0 aliphatic heterocycles. The van der Waals surface area contributed by atoms with Gasteiger partial charge in [0.1, 0.15) is 16.7 Å². The monoisotopic (exact) mass is 666 g/mol. The normalized spacial score (nSPS) is 15.2. The first kappa shape index (κ1) is 39.6. The molecule has 1 unspecified atom stereocenters. The van der Waals surface area contributed by atoms with E-state index < -0.39 is 42.0 Å². The molecule has 1 atom stereocenters. The third kappa shape index (κ3) is 8.28. The topological polar surface area (TPSA) is 102 Å². The maximum Gasteiger partial charge on any atom is 0.387 e. The molecule has 2 rings (SSSR count). The Kier molecular flexibility index (Phi) is 11.5. The summed E-state index contributed by atoms with van der Waals surface area (Å²) in [5, 5.41) is 10.2. The van der Waals surface area contributed by atoms with E-state index in [2.05, 4.69) is 0 Å². The molecule has 0 spiro atoms. The van der Waals surface area contributed by atoms with Gasteiger partial charge in [0, 0.05) is 19.8 Å². The smallest absolute Gasteiger partial charge is 0.387 e. The van der Waals surface area contributed by atoms with Crippen molar-refractivity contribution in [3.8, 4) is 11.5 Å². The molecule has 45 heavy (non-hydrogen) atoms. The second-order valence-electron chi connectivity index (χ2n) is 16.4. The van der Waals surface area contributed by atoms with Gasteiger partial charge in [-0.2, -0.15) is 0 Å². The molecule has 0 saturated carbocycles. The van der Waals surface area contributed by atoms with Gasteiger partial charge in [0.15, 0.2) is 0 Å². The average molecular weight is 667 g/mol. The molecule has 0 saturated heterocycles. The van der Waals surface area contributed by atoms with Gasteiger partial charge in [-0.1, -0.05) is 115 Å². The lowest BCUT2D eigenvalue weighted by atomic mass is 9.76. The summed E-state index contributed by atoms with van der Waals surface area (Å²) in [4.78, 5) is 12.2. The van der Waals surface area contributed by atoms with Crippen molar-refractivity contribution in [3.63, 3.8) is 0 Å². The van der Waals surface area contributed by atoms with Gasteiger partial charge in [-0.3, -0.25) is 4.57 Å². The second-order valence-corrected chi connectivity index (χ2v) is 20.8. The van der Waals surface area contributed by atoms with Crippen LogP contribution in [-0.2, 0) is 51.2 Å². The van der Waals surface area contributed by atoms with Crippen molar-refractivity contribution in [3.05, 3.63) is 57.6 Å². The Labute approximate surface area is 273 Å². The zero-order chi connectivity index (χ0) is 35.2. The van der Waals surface area contributed by atoms with Crippen molar-refractivity contribution in [1.82, 2.24) is 0 Å². The van der Waals surface area contributed by atoms with E-state index in [1.165, 1.54) is 14.2 Å². The highest BCUT2D eigenvalue weighted by atomic mass is 31.2. The number of phenolic OH excluding ortho intramolecular Hbond substituents is 1. The highest BCUT2D eigenvalue weighted by Crippen LogP contribution is 2.66. The summed E-state index contributed by atoms with van der Waals surface area (Å²) in [6.45, 7) is 28.2. The lowest BCUT2D eigenvalue weighted by molar-refractivity contribution is 0.274. The Hall–Kier alpha value is -1.62. The molecule has 256 valence electrons. The fraction of sp³-hybridized carbons (Fsp3) is 0.667. The summed E-state index contributed by atoms with van der Waals surface area (Å²) in [7, 11) is -5.12. The predicted octanol–water partition coefficient (Wildman–Crippen LogP) is 10.8. The van der Waals surface area contributed by atoms with Crippen molar-refractivity contribution in [2.24, 2.45) is 0 Å². The van der Waals surface area contributed by atoms with Gasteiger partial charge in [-0.25, -0.2) is 4.57 Å². The standard InChI is InChI=1S/C36H60O7P2/c1-17-36(18-2,25-20-28(34(9,10)11)31(37)29(21-25)35(12,13)14)45(39,40)43-30-22-26(32(3,4)5)24(19-27(30)33(6,7)8)23-44(38,41-15)42-16/h19-22,37H,17-18,23H2,1-16H3,(H,39,40). The molecule has 0 aliphatic rings. The summed E-state index contributed by atoms with van der Waals surface area (Å²) in [5.41, 5.74) is 2.74. The highest BCUT2D eigenvalue weighted by Gasteiger charge is 2.50. The van der Waals surface area contributed by atoms with Crippen molar-refractivity contribution in [2.45, 2.75) is 143 Å². The van der Waals surface area contributed by atoms with Crippen molar-refractivity contribution in [2.75, 3.05) is 14.2 Å². The third-order valence-corrected chi connectivity index (χ3v) is 13.2. The van der Waals surface area contributed by atoms with Crippen LogP contribution < -0.4 is 4.52 Å². The average Bonchev–Trinajstić information content (AvgIpc) is 2.87. The maximum absolute atomic E-state index is 14.9. The van der Waals surface area contributed by atoms with Gasteiger partial charge in [-0.15, -0.1) is 0 Å². The van der Waals surface area contributed by atoms with E-state index in [-0.39, 0.29) is 11.9 Å². The van der Waals surface area contributed by atoms with E-state index in [0.29, 0.717) is 24.2 Å². The molecular formula is C36H60O7P2. The number of aromatic hydroxyl groups is 1. The van der Waals surface area contributed by atoms with Crippen molar-refractivity contribution >= 4 is 15.2 Å². The first-order chi connectivity index (χ1) is 20.1. The first-order valence-corrected chi connectivity index (χ1v) is 19.2. The molecule has 0 aliphatic carbocycles. The van der Waals surface area contributed by atoms with Crippen LogP contribution >= 0.6 is 15.2 Å².